The first-order valence-electron chi connectivity index (χ1n) is 6.66. The standard InChI is InChI=1S/C16H15BrCl3N/c1-2-7-21-16(12-5-3-11(19)9-15(12)20)13-8-10(18)4-6-14(13)17/h3-6,8-9,16,21H,2,7H2,1H3. The predicted octanol–water partition coefficient (Wildman–Crippen LogP) is 6.50. The molecule has 0 spiro atoms. The van der Waals surface area contributed by atoms with Gasteiger partial charge in [-0.1, -0.05) is 63.7 Å². The van der Waals surface area contributed by atoms with E-state index in [4.69, 9.17) is 34.8 Å². The van der Waals surface area contributed by atoms with Crippen LogP contribution in [0.25, 0.3) is 0 Å². The van der Waals surface area contributed by atoms with Gasteiger partial charge >= 0.3 is 0 Å². The quantitative estimate of drug-likeness (QED) is 0.597. The Morgan fingerprint density at radius 3 is 2.33 bits per heavy atom. The minimum atomic E-state index is -0.0391. The second kappa shape index (κ2) is 7.85. The molecule has 5 heteroatoms. The van der Waals surface area contributed by atoms with E-state index >= 15 is 0 Å². The van der Waals surface area contributed by atoms with Crippen LogP contribution in [0.1, 0.15) is 30.5 Å². The minimum absolute atomic E-state index is 0.0391. The summed E-state index contributed by atoms with van der Waals surface area (Å²) in [6, 6.07) is 11.3. The Kier molecular flexibility index (Phi) is 6.39. The predicted molar refractivity (Wildman–Crippen MR) is 95.8 cm³/mol. The fourth-order valence-corrected chi connectivity index (χ4v) is 3.32. The molecule has 2 aromatic carbocycles. The zero-order valence-electron chi connectivity index (χ0n) is 11.5. The van der Waals surface area contributed by atoms with E-state index in [9.17, 15) is 0 Å². The highest BCUT2D eigenvalue weighted by Gasteiger charge is 2.19. The van der Waals surface area contributed by atoms with E-state index in [-0.39, 0.29) is 6.04 Å². The summed E-state index contributed by atoms with van der Waals surface area (Å²) >= 11 is 22.1. The van der Waals surface area contributed by atoms with E-state index in [1.54, 1.807) is 6.07 Å². The van der Waals surface area contributed by atoms with Crippen molar-refractivity contribution >= 4 is 50.7 Å². The molecular formula is C16H15BrCl3N. The summed E-state index contributed by atoms with van der Waals surface area (Å²) in [5, 5.41) is 5.48. The molecule has 0 fully saturated rings. The highest BCUT2D eigenvalue weighted by molar-refractivity contribution is 9.10. The first-order chi connectivity index (χ1) is 10.0. The maximum Gasteiger partial charge on any atom is 0.0603 e. The molecule has 0 saturated carbocycles. The Morgan fingerprint density at radius 1 is 1.00 bits per heavy atom. The van der Waals surface area contributed by atoms with Crippen molar-refractivity contribution in [1.29, 1.82) is 0 Å². The monoisotopic (exact) mass is 405 g/mol. The van der Waals surface area contributed by atoms with Gasteiger partial charge < -0.3 is 5.32 Å². The molecule has 112 valence electrons. The van der Waals surface area contributed by atoms with Crippen LogP contribution in [0, 0.1) is 0 Å². The molecular weight excluding hydrogens is 392 g/mol. The Labute approximate surface area is 148 Å². The molecule has 0 aliphatic carbocycles. The third kappa shape index (κ3) is 4.37. The maximum absolute atomic E-state index is 6.37. The van der Waals surface area contributed by atoms with Gasteiger partial charge in [-0.15, -0.1) is 0 Å². The van der Waals surface area contributed by atoms with E-state index in [0.29, 0.717) is 15.1 Å². The number of halogens is 4. The molecule has 0 aromatic heterocycles. The number of hydrogen-bond acceptors (Lipinski definition) is 1. The molecule has 0 saturated heterocycles. The van der Waals surface area contributed by atoms with Crippen molar-refractivity contribution in [1.82, 2.24) is 5.32 Å². The van der Waals surface area contributed by atoms with Crippen LogP contribution in [0.15, 0.2) is 40.9 Å². The summed E-state index contributed by atoms with van der Waals surface area (Å²) in [6.07, 6.45) is 1.03. The molecule has 0 aliphatic rings. The molecule has 1 atom stereocenters. The van der Waals surface area contributed by atoms with Crippen LogP contribution in [0.4, 0.5) is 0 Å². The van der Waals surface area contributed by atoms with E-state index in [2.05, 4.69) is 28.2 Å². The summed E-state index contributed by atoms with van der Waals surface area (Å²) < 4.78 is 0.992. The van der Waals surface area contributed by atoms with Gasteiger partial charge in [0.1, 0.15) is 0 Å². The summed E-state index contributed by atoms with van der Waals surface area (Å²) in [4.78, 5) is 0. The molecule has 0 heterocycles. The van der Waals surface area contributed by atoms with Crippen molar-refractivity contribution < 1.29 is 0 Å². The largest absolute Gasteiger partial charge is 0.306 e. The summed E-state index contributed by atoms with van der Waals surface area (Å²) in [5.41, 5.74) is 2.04. The van der Waals surface area contributed by atoms with Gasteiger partial charge in [0.05, 0.1) is 6.04 Å². The number of benzene rings is 2. The number of rotatable bonds is 5. The molecule has 0 bridgehead atoms. The van der Waals surface area contributed by atoms with Crippen LogP contribution in [-0.2, 0) is 0 Å². The van der Waals surface area contributed by atoms with Crippen molar-refractivity contribution in [2.75, 3.05) is 6.54 Å². The van der Waals surface area contributed by atoms with E-state index in [1.165, 1.54) is 0 Å². The molecule has 1 unspecified atom stereocenters. The van der Waals surface area contributed by atoms with Crippen LogP contribution < -0.4 is 5.32 Å². The van der Waals surface area contributed by atoms with Gasteiger partial charge in [-0.2, -0.15) is 0 Å². The molecule has 0 aliphatic heterocycles. The van der Waals surface area contributed by atoms with E-state index < -0.39 is 0 Å². The number of nitrogens with one attached hydrogen (secondary N) is 1. The SMILES string of the molecule is CCCNC(c1ccc(Cl)cc1Cl)c1cc(Cl)ccc1Br. The van der Waals surface area contributed by atoms with Crippen molar-refractivity contribution in [3.63, 3.8) is 0 Å². The van der Waals surface area contributed by atoms with Crippen molar-refractivity contribution in [2.24, 2.45) is 0 Å². The minimum Gasteiger partial charge on any atom is -0.306 e. The van der Waals surface area contributed by atoms with Crippen molar-refractivity contribution in [3.05, 3.63) is 67.1 Å². The Balaban J connectivity index is 2.49. The molecule has 0 radical (unpaired) electrons. The van der Waals surface area contributed by atoms with Crippen molar-refractivity contribution in [3.8, 4) is 0 Å². The first-order valence-corrected chi connectivity index (χ1v) is 8.59. The fourth-order valence-electron chi connectivity index (χ4n) is 2.15. The zero-order chi connectivity index (χ0) is 15.4. The third-order valence-corrected chi connectivity index (χ3v) is 4.66. The second-order valence-corrected chi connectivity index (χ2v) is 6.85. The Hall–Kier alpha value is -0.250. The third-order valence-electron chi connectivity index (χ3n) is 3.14. The highest BCUT2D eigenvalue weighted by Crippen LogP contribution is 2.35. The lowest BCUT2D eigenvalue weighted by Gasteiger charge is -2.22. The van der Waals surface area contributed by atoms with Crippen molar-refractivity contribution in [2.45, 2.75) is 19.4 Å². The lowest BCUT2D eigenvalue weighted by atomic mass is 9.98. The molecule has 2 rings (SSSR count). The van der Waals surface area contributed by atoms with Crippen LogP contribution in [0.2, 0.25) is 15.1 Å². The average Bonchev–Trinajstić information content (AvgIpc) is 2.44. The second-order valence-electron chi connectivity index (χ2n) is 4.72. The van der Waals surface area contributed by atoms with E-state index in [0.717, 1.165) is 28.6 Å². The van der Waals surface area contributed by atoms with Gasteiger partial charge in [-0.25, -0.2) is 0 Å². The molecule has 2 aromatic rings. The van der Waals surface area contributed by atoms with Gasteiger partial charge in [0.25, 0.3) is 0 Å². The Morgan fingerprint density at radius 2 is 1.67 bits per heavy atom. The first kappa shape index (κ1) is 17.1. The number of hydrogen-bond donors (Lipinski definition) is 1. The Bertz CT molecular complexity index is 631. The normalized spacial score (nSPS) is 12.4. The van der Waals surface area contributed by atoms with Gasteiger partial charge in [0.2, 0.25) is 0 Å². The topological polar surface area (TPSA) is 12.0 Å². The van der Waals surface area contributed by atoms with Crippen LogP contribution in [0.3, 0.4) is 0 Å². The molecule has 0 amide bonds. The van der Waals surface area contributed by atoms with Gasteiger partial charge in [0.15, 0.2) is 0 Å². The smallest absolute Gasteiger partial charge is 0.0603 e. The fraction of sp³-hybridized carbons (Fsp3) is 0.250. The lowest BCUT2D eigenvalue weighted by Crippen LogP contribution is -2.24. The highest BCUT2D eigenvalue weighted by atomic mass is 79.9. The summed E-state index contributed by atoms with van der Waals surface area (Å²) in [5.74, 6) is 0. The zero-order valence-corrected chi connectivity index (χ0v) is 15.3. The van der Waals surface area contributed by atoms with Crippen LogP contribution in [-0.4, -0.2) is 6.54 Å². The molecule has 21 heavy (non-hydrogen) atoms. The lowest BCUT2D eigenvalue weighted by molar-refractivity contribution is 0.597. The molecule has 1 nitrogen and oxygen atoms in total. The average molecular weight is 408 g/mol. The van der Waals surface area contributed by atoms with E-state index in [1.807, 2.05) is 30.3 Å². The summed E-state index contributed by atoms with van der Waals surface area (Å²) in [6.45, 7) is 3.00. The van der Waals surface area contributed by atoms with Gasteiger partial charge in [-0.3, -0.25) is 0 Å². The molecule has 1 N–H and O–H groups in total. The summed E-state index contributed by atoms with van der Waals surface area (Å²) in [7, 11) is 0. The van der Waals surface area contributed by atoms with Gasteiger partial charge in [-0.05, 0) is 54.4 Å². The van der Waals surface area contributed by atoms with Crippen LogP contribution >= 0.6 is 50.7 Å². The van der Waals surface area contributed by atoms with Crippen LogP contribution in [0.5, 0.6) is 0 Å². The van der Waals surface area contributed by atoms with Gasteiger partial charge in [0, 0.05) is 19.5 Å². The maximum atomic E-state index is 6.37.